The summed E-state index contributed by atoms with van der Waals surface area (Å²) in [5.41, 5.74) is 0.0602. The topological polar surface area (TPSA) is 15.3 Å². The number of likely N-dealkylation sites (tertiary alicyclic amines) is 1. The smallest absolute Gasteiger partial charge is 0.312 e. The van der Waals surface area contributed by atoms with E-state index in [0.717, 1.165) is 19.6 Å². The van der Waals surface area contributed by atoms with Gasteiger partial charge in [0, 0.05) is 18.6 Å². The summed E-state index contributed by atoms with van der Waals surface area (Å²) >= 11 is 0. The van der Waals surface area contributed by atoms with Crippen LogP contribution in [0.2, 0.25) is 0 Å². The Labute approximate surface area is 114 Å². The summed E-state index contributed by atoms with van der Waals surface area (Å²) < 4.78 is 38.2. The van der Waals surface area contributed by atoms with Crippen LogP contribution >= 0.6 is 0 Å². The Hall–Kier alpha value is -0.290. The van der Waals surface area contributed by atoms with E-state index in [1.807, 2.05) is 4.90 Å². The largest absolute Gasteiger partial charge is 0.393 e. The van der Waals surface area contributed by atoms with Gasteiger partial charge in [-0.15, -0.1) is 0 Å². The number of alkyl halides is 3. The molecule has 1 N–H and O–H groups in total. The van der Waals surface area contributed by atoms with Gasteiger partial charge in [0.05, 0.1) is 5.92 Å². The van der Waals surface area contributed by atoms with Crippen molar-refractivity contribution in [2.45, 2.75) is 52.3 Å². The second kappa shape index (κ2) is 6.44. The van der Waals surface area contributed by atoms with Gasteiger partial charge in [-0.05, 0) is 52.6 Å². The highest BCUT2D eigenvalue weighted by atomic mass is 19.4. The maximum Gasteiger partial charge on any atom is 0.393 e. The molecule has 0 bridgehead atoms. The summed E-state index contributed by atoms with van der Waals surface area (Å²) in [5.74, 6) is -0.768. The molecule has 1 aliphatic heterocycles. The summed E-state index contributed by atoms with van der Waals surface area (Å²) in [5, 5.41) is 3.40. The first-order valence-corrected chi connectivity index (χ1v) is 7.12. The first-order valence-electron chi connectivity index (χ1n) is 7.12. The molecular weight excluding hydrogens is 253 g/mol. The van der Waals surface area contributed by atoms with E-state index in [4.69, 9.17) is 0 Å². The van der Waals surface area contributed by atoms with E-state index in [0.29, 0.717) is 12.3 Å². The summed E-state index contributed by atoms with van der Waals surface area (Å²) in [6, 6.07) is 0. The number of nitrogens with one attached hydrogen (secondary N) is 1. The molecule has 1 aliphatic rings. The average molecular weight is 280 g/mol. The second-order valence-corrected chi connectivity index (χ2v) is 6.88. The predicted octanol–water partition coefficient (Wildman–Crippen LogP) is 3.28. The van der Waals surface area contributed by atoms with Crippen LogP contribution in [0.3, 0.4) is 0 Å². The van der Waals surface area contributed by atoms with Crippen LogP contribution < -0.4 is 5.32 Å². The Morgan fingerprint density at radius 3 is 2.42 bits per heavy atom. The van der Waals surface area contributed by atoms with Crippen molar-refractivity contribution >= 4 is 0 Å². The SMILES string of the molecule is CC(CNC(C)(C)C)CN1CCCC(C(F)(F)F)C1. The number of hydrogen-bond donors (Lipinski definition) is 1. The Kier molecular flexibility index (Phi) is 5.68. The minimum absolute atomic E-state index is 0.0602. The minimum Gasteiger partial charge on any atom is -0.312 e. The fraction of sp³-hybridized carbons (Fsp3) is 1.00. The molecule has 2 unspecified atom stereocenters. The lowest BCUT2D eigenvalue weighted by Crippen LogP contribution is -2.46. The number of nitrogens with zero attached hydrogens (tertiary/aromatic N) is 1. The maximum atomic E-state index is 12.7. The normalized spacial score (nSPS) is 24.5. The van der Waals surface area contributed by atoms with Crippen LogP contribution in [-0.2, 0) is 0 Å². The highest BCUT2D eigenvalue weighted by Crippen LogP contribution is 2.33. The molecule has 1 rings (SSSR count). The van der Waals surface area contributed by atoms with Crippen LogP contribution in [0, 0.1) is 11.8 Å². The van der Waals surface area contributed by atoms with Crippen LogP contribution in [0.1, 0.15) is 40.5 Å². The summed E-state index contributed by atoms with van der Waals surface area (Å²) in [6.07, 6.45) is -3.09. The highest BCUT2D eigenvalue weighted by Gasteiger charge is 2.41. The van der Waals surface area contributed by atoms with Gasteiger partial charge >= 0.3 is 6.18 Å². The Morgan fingerprint density at radius 1 is 1.26 bits per heavy atom. The molecule has 1 fully saturated rings. The first-order chi connectivity index (χ1) is 8.58. The van der Waals surface area contributed by atoms with Crippen molar-refractivity contribution in [3.63, 3.8) is 0 Å². The number of halogens is 3. The molecule has 0 amide bonds. The quantitative estimate of drug-likeness (QED) is 0.850. The maximum absolute atomic E-state index is 12.7. The van der Waals surface area contributed by atoms with Crippen LogP contribution in [-0.4, -0.2) is 42.8 Å². The van der Waals surface area contributed by atoms with E-state index in [-0.39, 0.29) is 18.5 Å². The van der Waals surface area contributed by atoms with Crippen LogP contribution in [0.5, 0.6) is 0 Å². The Balaban J connectivity index is 2.36. The molecule has 19 heavy (non-hydrogen) atoms. The zero-order valence-corrected chi connectivity index (χ0v) is 12.5. The zero-order chi connectivity index (χ0) is 14.7. The van der Waals surface area contributed by atoms with Gasteiger partial charge in [-0.3, -0.25) is 0 Å². The molecule has 0 saturated carbocycles. The predicted molar refractivity (Wildman–Crippen MR) is 72.1 cm³/mol. The second-order valence-electron chi connectivity index (χ2n) is 6.88. The van der Waals surface area contributed by atoms with Crippen LogP contribution in [0.25, 0.3) is 0 Å². The highest BCUT2D eigenvalue weighted by molar-refractivity contribution is 4.80. The van der Waals surface area contributed by atoms with Gasteiger partial charge in [-0.25, -0.2) is 0 Å². The molecule has 1 saturated heterocycles. The van der Waals surface area contributed by atoms with Gasteiger partial charge in [-0.1, -0.05) is 6.92 Å². The lowest BCUT2D eigenvalue weighted by molar-refractivity contribution is -0.187. The summed E-state index contributed by atoms with van der Waals surface area (Å²) in [4.78, 5) is 1.97. The van der Waals surface area contributed by atoms with Gasteiger partial charge in [0.1, 0.15) is 0 Å². The van der Waals surface area contributed by atoms with E-state index in [2.05, 4.69) is 33.0 Å². The van der Waals surface area contributed by atoms with Gasteiger partial charge in [0.2, 0.25) is 0 Å². The van der Waals surface area contributed by atoms with Crippen molar-refractivity contribution in [1.82, 2.24) is 10.2 Å². The number of piperidine rings is 1. The monoisotopic (exact) mass is 280 g/mol. The molecule has 0 aromatic carbocycles. The molecule has 2 nitrogen and oxygen atoms in total. The zero-order valence-electron chi connectivity index (χ0n) is 12.5. The lowest BCUT2D eigenvalue weighted by Gasteiger charge is -2.35. The van der Waals surface area contributed by atoms with E-state index < -0.39 is 12.1 Å². The van der Waals surface area contributed by atoms with Gasteiger partial charge in [0.15, 0.2) is 0 Å². The fourth-order valence-electron chi connectivity index (χ4n) is 2.47. The van der Waals surface area contributed by atoms with E-state index in [1.165, 1.54) is 0 Å². The third-order valence-corrected chi connectivity index (χ3v) is 3.52. The molecular formula is C14H27F3N2. The molecule has 0 spiro atoms. The third kappa shape index (κ3) is 6.61. The first kappa shape index (κ1) is 16.8. The van der Waals surface area contributed by atoms with Crippen molar-refractivity contribution in [2.24, 2.45) is 11.8 Å². The van der Waals surface area contributed by atoms with Crippen molar-refractivity contribution in [3.8, 4) is 0 Å². The molecule has 0 aromatic rings. The number of hydrogen-bond acceptors (Lipinski definition) is 2. The van der Waals surface area contributed by atoms with Crippen LogP contribution in [0.15, 0.2) is 0 Å². The Bertz CT molecular complexity index is 271. The van der Waals surface area contributed by atoms with Crippen LogP contribution in [0.4, 0.5) is 13.2 Å². The van der Waals surface area contributed by atoms with Crippen molar-refractivity contribution in [3.05, 3.63) is 0 Å². The molecule has 0 aliphatic carbocycles. The summed E-state index contributed by atoms with van der Waals surface area (Å²) in [7, 11) is 0. The Morgan fingerprint density at radius 2 is 1.89 bits per heavy atom. The van der Waals surface area contributed by atoms with Crippen molar-refractivity contribution < 1.29 is 13.2 Å². The molecule has 0 aromatic heterocycles. The van der Waals surface area contributed by atoms with E-state index in [9.17, 15) is 13.2 Å². The van der Waals surface area contributed by atoms with Gasteiger partial charge in [0.25, 0.3) is 0 Å². The summed E-state index contributed by atoms with van der Waals surface area (Å²) in [6.45, 7) is 10.9. The van der Waals surface area contributed by atoms with Gasteiger partial charge < -0.3 is 10.2 Å². The van der Waals surface area contributed by atoms with Gasteiger partial charge in [-0.2, -0.15) is 13.2 Å². The standard InChI is InChI=1S/C14H27F3N2/c1-11(8-18-13(2,3)4)9-19-7-5-6-12(10-19)14(15,16)17/h11-12,18H,5-10H2,1-4H3. The molecule has 114 valence electrons. The molecule has 1 heterocycles. The van der Waals surface area contributed by atoms with Crippen molar-refractivity contribution in [1.29, 1.82) is 0 Å². The van der Waals surface area contributed by atoms with Crippen molar-refractivity contribution in [2.75, 3.05) is 26.2 Å². The molecule has 5 heteroatoms. The molecule has 0 radical (unpaired) electrons. The average Bonchev–Trinajstić information content (AvgIpc) is 2.25. The molecule has 2 atom stereocenters. The lowest BCUT2D eigenvalue weighted by atomic mass is 9.96. The fourth-order valence-corrected chi connectivity index (χ4v) is 2.47. The van der Waals surface area contributed by atoms with E-state index in [1.54, 1.807) is 0 Å². The number of rotatable bonds is 4. The minimum atomic E-state index is -4.04. The third-order valence-electron chi connectivity index (χ3n) is 3.52. The van der Waals surface area contributed by atoms with E-state index >= 15 is 0 Å².